The highest BCUT2D eigenvalue weighted by molar-refractivity contribution is 7.89. The number of sulfonamides is 1. The van der Waals surface area contributed by atoms with Crippen molar-refractivity contribution in [1.29, 1.82) is 0 Å². The highest BCUT2D eigenvalue weighted by atomic mass is 32.2. The molecule has 1 aliphatic heterocycles. The molecule has 0 saturated carbocycles. The summed E-state index contributed by atoms with van der Waals surface area (Å²) in [4.78, 5) is 13.9. The average Bonchev–Trinajstić information content (AvgIpc) is 2.72. The molecule has 162 valence electrons. The molecular weight excluding hydrogens is 416 g/mol. The molecule has 0 radical (unpaired) electrons. The summed E-state index contributed by atoms with van der Waals surface area (Å²) in [5, 5.41) is 2.81. The number of nitrogens with one attached hydrogen (secondary N) is 1. The maximum Gasteiger partial charge on any atom is 0.243 e. The van der Waals surface area contributed by atoms with E-state index in [1.54, 1.807) is 18.2 Å². The van der Waals surface area contributed by atoms with Crippen LogP contribution in [0.15, 0.2) is 47.4 Å². The van der Waals surface area contributed by atoms with Crippen LogP contribution in [0.1, 0.15) is 6.92 Å². The number of nitrogens with zero attached hydrogens (tertiary/aromatic N) is 2. The van der Waals surface area contributed by atoms with Gasteiger partial charge in [0, 0.05) is 26.2 Å². The van der Waals surface area contributed by atoms with Gasteiger partial charge in [-0.15, -0.1) is 0 Å². The van der Waals surface area contributed by atoms with E-state index in [2.05, 4.69) is 5.32 Å². The number of carbonyl (C=O) groups excluding carboxylic acids is 1. The number of para-hydroxylation sites is 2. The first-order valence-corrected chi connectivity index (χ1v) is 10.9. The van der Waals surface area contributed by atoms with Crippen LogP contribution in [-0.4, -0.2) is 62.9 Å². The molecule has 2 aromatic carbocycles. The minimum atomic E-state index is -3.93. The third kappa shape index (κ3) is 5.13. The van der Waals surface area contributed by atoms with Crippen LogP contribution in [0.4, 0.5) is 14.5 Å². The first-order chi connectivity index (χ1) is 14.3. The molecule has 1 saturated heterocycles. The number of carbonyl (C=O) groups is 1. The number of hydrogen-bond acceptors (Lipinski definition) is 5. The monoisotopic (exact) mass is 439 g/mol. The number of halogens is 2. The van der Waals surface area contributed by atoms with Gasteiger partial charge in [0.2, 0.25) is 15.9 Å². The summed E-state index contributed by atoms with van der Waals surface area (Å²) in [6.45, 7) is 3.38. The summed E-state index contributed by atoms with van der Waals surface area (Å²) in [6.07, 6.45) is 0. The van der Waals surface area contributed by atoms with Crippen LogP contribution in [0.25, 0.3) is 0 Å². The predicted molar refractivity (Wildman–Crippen MR) is 108 cm³/mol. The number of ether oxygens (including phenoxy) is 1. The summed E-state index contributed by atoms with van der Waals surface area (Å²) in [5.74, 6) is -1.97. The normalized spacial score (nSPS) is 15.7. The van der Waals surface area contributed by atoms with Crippen LogP contribution >= 0.6 is 0 Å². The second-order valence-electron chi connectivity index (χ2n) is 6.73. The first-order valence-electron chi connectivity index (χ1n) is 9.50. The quantitative estimate of drug-likeness (QED) is 0.716. The second kappa shape index (κ2) is 9.50. The number of rotatable bonds is 7. The van der Waals surface area contributed by atoms with Crippen molar-refractivity contribution in [1.82, 2.24) is 9.21 Å². The van der Waals surface area contributed by atoms with Gasteiger partial charge in [0.25, 0.3) is 0 Å². The van der Waals surface area contributed by atoms with E-state index in [1.807, 2.05) is 17.9 Å². The third-order valence-corrected chi connectivity index (χ3v) is 6.58. The standard InChI is InChI=1S/C20H23F2N3O4S/c1-2-29-19-6-4-3-5-18(19)23-20(26)14-24-9-11-25(12-10-24)30(27,28)15-7-8-16(21)17(22)13-15/h3-8,13H,2,9-12,14H2,1H3,(H,23,26). The molecule has 1 amide bonds. The largest absolute Gasteiger partial charge is 0.492 e. The molecule has 30 heavy (non-hydrogen) atoms. The van der Waals surface area contributed by atoms with Crippen molar-refractivity contribution in [2.45, 2.75) is 11.8 Å². The van der Waals surface area contributed by atoms with Crippen molar-refractivity contribution in [3.05, 3.63) is 54.1 Å². The summed E-state index contributed by atoms with van der Waals surface area (Å²) in [7, 11) is -3.93. The number of anilines is 1. The van der Waals surface area contributed by atoms with Crippen LogP contribution in [0.5, 0.6) is 5.75 Å². The number of piperazine rings is 1. The van der Waals surface area contributed by atoms with E-state index in [-0.39, 0.29) is 30.4 Å². The SMILES string of the molecule is CCOc1ccccc1NC(=O)CN1CCN(S(=O)(=O)c2ccc(F)c(F)c2)CC1. The van der Waals surface area contributed by atoms with Crippen molar-refractivity contribution >= 4 is 21.6 Å². The van der Waals surface area contributed by atoms with Gasteiger partial charge in [-0.3, -0.25) is 9.69 Å². The number of benzene rings is 2. The topological polar surface area (TPSA) is 79.0 Å². The molecule has 10 heteroatoms. The zero-order valence-electron chi connectivity index (χ0n) is 16.5. The molecule has 1 aliphatic rings. The van der Waals surface area contributed by atoms with Crippen LogP contribution in [0, 0.1) is 11.6 Å². The lowest BCUT2D eigenvalue weighted by Crippen LogP contribution is -2.50. The van der Waals surface area contributed by atoms with Gasteiger partial charge in [-0.05, 0) is 37.3 Å². The van der Waals surface area contributed by atoms with Gasteiger partial charge in [0.15, 0.2) is 11.6 Å². The van der Waals surface area contributed by atoms with Crippen LogP contribution in [0.3, 0.4) is 0 Å². The molecule has 0 unspecified atom stereocenters. The Morgan fingerprint density at radius 3 is 2.43 bits per heavy atom. The molecule has 0 atom stereocenters. The van der Waals surface area contributed by atoms with Gasteiger partial charge >= 0.3 is 0 Å². The first kappa shape index (κ1) is 22.1. The van der Waals surface area contributed by atoms with Gasteiger partial charge in [-0.2, -0.15) is 4.31 Å². The van der Waals surface area contributed by atoms with Crippen LogP contribution in [-0.2, 0) is 14.8 Å². The molecule has 3 rings (SSSR count). The van der Waals surface area contributed by atoms with Crippen molar-refractivity contribution in [2.75, 3.05) is 44.6 Å². The summed E-state index contributed by atoms with van der Waals surface area (Å²) < 4.78 is 58.5. The third-order valence-electron chi connectivity index (χ3n) is 4.69. The fourth-order valence-corrected chi connectivity index (χ4v) is 4.59. The number of amides is 1. The Kier molecular flexibility index (Phi) is 7.01. The van der Waals surface area contributed by atoms with Crippen LogP contribution < -0.4 is 10.1 Å². The van der Waals surface area contributed by atoms with Crippen LogP contribution in [0.2, 0.25) is 0 Å². The van der Waals surface area contributed by atoms with E-state index < -0.39 is 21.7 Å². The lowest BCUT2D eigenvalue weighted by atomic mass is 10.3. The molecule has 7 nitrogen and oxygen atoms in total. The maximum atomic E-state index is 13.4. The van der Waals surface area contributed by atoms with E-state index >= 15 is 0 Å². The molecule has 1 heterocycles. The Bertz CT molecular complexity index is 1010. The lowest BCUT2D eigenvalue weighted by Gasteiger charge is -2.33. The molecule has 1 N–H and O–H groups in total. The van der Waals surface area contributed by atoms with Crippen molar-refractivity contribution in [3.63, 3.8) is 0 Å². The minimum absolute atomic E-state index is 0.0967. The molecular formula is C20H23F2N3O4S. The molecule has 1 fully saturated rings. The van der Waals surface area contributed by atoms with E-state index in [1.165, 1.54) is 4.31 Å². The fraction of sp³-hybridized carbons (Fsp3) is 0.350. The van der Waals surface area contributed by atoms with E-state index in [4.69, 9.17) is 4.74 Å². The molecule has 0 aromatic heterocycles. The van der Waals surface area contributed by atoms with Crippen molar-refractivity contribution in [2.24, 2.45) is 0 Å². The van der Waals surface area contributed by atoms with Gasteiger partial charge in [-0.25, -0.2) is 17.2 Å². The van der Waals surface area contributed by atoms with Crippen molar-refractivity contribution in [3.8, 4) is 5.75 Å². The summed E-state index contributed by atoms with van der Waals surface area (Å²) in [6, 6.07) is 9.64. The Balaban J connectivity index is 1.56. The van der Waals surface area contributed by atoms with E-state index in [0.717, 1.165) is 12.1 Å². The predicted octanol–water partition coefficient (Wildman–Crippen LogP) is 2.31. The van der Waals surface area contributed by atoms with Gasteiger partial charge < -0.3 is 10.1 Å². The van der Waals surface area contributed by atoms with E-state index in [0.29, 0.717) is 37.2 Å². The fourth-order valence-electron chi connectivity index (χ4n) is 3.16. The van der Waals surface area contributed by atoms with E-state index in [9.17, 15) is 22.0 Å². The van der Waals surface area contributed by atoms with Crippen molar-refractivity contribution < 1.29 is 26.7 Å². The smallest absolute Gasteiger partial charge is 0.243 e. The average molecular weight is 439 g/mol. The zero-order chi connectivity index (χ0) is 21.7. The molecule has 0 bridgehead atoms. The summed E-state index contributed by atoms with van der Waals surface area (Å²) >= 11 is 0. The van der Waals surface area contributed by atoms with Gasteiger partial charge in [0.1, 0.15) is 5.75 Å². The molecule has 0 spiro atoms. The highest BCUT2D eigenvalue weighted by Crippen LogP contribution is 2.24. The zero-order valence-corrected chi connectivity index (χ0v) is 17.3. The Morgan fingerprint density at radius 2 is 1.77 bits per heavy atom. The second-order valence-corrected chi connectivity index (χ2v) is 8.67. The molecule has 2 aromatic rings. The summed E-state index contributed by atoms with van der Waals surface area (Å²) in [5.41, 5.74) is 0.573. The molecule has 0 aliphatic carbocycles. The Hall–Kier alpha value is -2.56. The maximum absolute atomic E-state index is 13.4. The highest BCUT2D eigenvalue weighted by Gasteiger charge is 2.29. The Labute approximate surface area is 174 Å². The lowest BCUT2D eigenvalue weighted by molar-refractivity contribution is -0.117. The minimum Gasteiger partial charge on any atom is -0.492 e. The number of hydrogen-bond donors (Lipinski definition) is 1. The Morgan fingerprint density at radius 1 is 1.07 bits per heavy atom. The van der Waals surface area contributed by atoms with Gasteiger partial charge in [0.05, 0.1) is 23.7 Å². The van der Waals surface area contributed by atoms with Gasteiger partial charge in [-0.1, -0.05) is 12.1 Å².